The lowest BCUT2D eigenvalue weighted by Gasteiger charge is -2.34. The summed E-state index contributed by atoms with van der Waals surface area (Å²) in [5, 5.41) is 4.51. The van der Waals surface area contributed by atoms with Crippen molar-refractivity contribution in [1.29, 1.82) is 0 Å². The van der Waals surface area contributed by atoms with Crippen LogP contribution in [0.15, 0.2) is 30.5 Å². The predicted molar refractivity (Wildman–Crippen MR) is 91.6 cm³/mol. The zero-order valence-electron chi connectivity index (χ0n) is 14.1. The number of benzene rings is 1. The average Bonchev–Trinajstić information content (AvgIpc) is 2.93. The molecule has 2 aromatic rings. The molecule has 1 aromatic heterocycles. The zero-order chi connectivity index (χ0) is 16.6. The van der Waals surface area contributed by atoms with Crippen LogP contribution in [0.25, 0.3) is 5.69 Å². The highest BCUT2D eigenvalue weighted by Crippen LogP contribution is 2.35. The van der Waals surface area contributed by atoms with E-state index in [0.29, 0.717) is 5.69 Å². The van der Waals surface area contributed by atoms with E-state index in [-0.39, 0.29) is 17.3 Å². The van der Waals surface area contributed by atoms with E-state index < -0.39 is 0 Å². The topological polar surface area (TPSA) is 47.1 Å². The van der Waals surface area contributed by atoms with Crippen LogP contribution in [0.5, 0.6) is 0 Å². The number of aromatic nitrogens is 2. The maximum atomic E-state index is 14.3. The molecule has 1 aliphatic heterocycles. The zero-order valence-corrected chi connectivity index (χ0v) is 14.1. The van der Waals surface area contributed by atoms with Crippen LogP contribution in [0.1, 0.15) is 39.3 Å². The molecule has 1 aliphatic rings. The molecule has 5 heteroatoms. The first-order chi connectivity index (χ1) is 10.9. The lowest BCUT2D eigenvalue weighted by Crippen LogP contribution is -2.40. The molecule has 1 saturated heterocycles. The fourth-order valence-corrected chi connectivity index (χ4v) is 3.22. The minimum Gasteiger partial charge on any atom is -0.369 e. The van der Waals surface area contributed by atoms with Crippen molar-refractivity contribution in [2.24, 2.45) is 5.73 Å². The maximum Gasteiger partial charge on any atom is 0.148 e. The molecule has 1 aromatic carbocycles. The summed E-state index contributed by atoms with van der Waals surface area (Å²) >= 11 is 0. The van der Waals surface area contributed by atoms with Gasteiger partial charge in [0.1, 0.15) is 11.5 Å². The first kappa shape index (κ1) is 16.0. The van der Waals surface area contributed by atoms with Crippen LogP contribution in [0.4, 0.5) is 10.1 Å². The second-order valence-electron chi connectivity index (χ2n) is 7.32. The Morgan fingerprint density at radius 3 is 2.39 bits per heavy atom. The predicted octanol–water partition coefficient (Wildman–Crippen LogP) is 3.24. The van der Waals surface area contributed by atoms with Gasteiger partial charge in [-0.05, 0) is 25.0 Å². The minimum absolute atomic E-state index is 0.145. The van der Waals surface area contributed by atoms with Crippen molar-refractivity contribution in [3.8, 4) is 5.69 Å². The lowest BCUT2D eigenvalue weighted by atomic mass is 9.90. The summed E-state index contributed by atoms with van der Waals surface area (Å²) in [7, 11) is 0. The number of hydrogen-bond acceptors (Lipinski definition) is 3. The fraction of sp³-hybridized carbons (Fsp3) is 0.500. The highest BCUT2D eigenvalue weighted by molar-refractivity contribution is 5.55. The summed E-state index contributed by atoms with van der Waals surface area (Å²) in [5.74, 6) is -0.256. The Labute approximate surface area is 137 Å². The van der Waals surface area contributed by atoms with E-state index in [1.54, 1.807) is 16.8 Å². The number of rotatable bonds is 2. The van der Waals surface area contributed by atoms with Crippen LogP contribution in [0.2, 0.25) is 0 Å². The molecule has 124 valence electrons. The number of para-hydroxylation sites is 1. The number of nitrogens with zero attached hydrogens (tertiary/aromatic N) is 3. The Hall–Kier alpha value is -1.88. The van der Waals surface area contributed by atoms with Gasteiger partial charge in [-0.25, -0.2) is 9.07 Å². The molecule has 0 aliphatic carbocycles. The van der Waals surface area contributed by atoms with Crippen molar-refractivity contribution < 1.29 is 4.39 Å². The van der Waals surface area contributed by atoms with E-state index in [9.17, 15) is 4.39 Å². The molecule has 0 radical (unpaired) electrons. The van der Waals surface area contributed by atoms with Gasteiger partial charge in [0.15, 0.2) is 0 Å². The normalized spacial score (nSPS) is 16.8. The molecule has 23 heavy (non-hydrogen) atoms. The third-order valence-corrected chi connectivity index (χ3v) is 4.42. The second-order valence-corrected chi connectivity index (χ2v) is 7.32. The summed E-state index contributed by atoms with van der Waals surface area (Å²) < 4.78 is 16.0. The van der Waals surface area contributed by atoms with Gasteiger partial charge in [0.05, 0.1) is 17.6 Å². The van der Waals surface area contributed by atoms with Crippen LogP contribution in [-0.4, -0.2) is 28.9 Å². The van der Waals surface area contributed by atoms with Gasteiger partial charge in [-0.2, -0.15) is 5.10 Å². The molecule has 2 heterocycles. The van der Waals surface area contributed by atoms with Crippen molar-refractivity contribution in [2.75, 3.05) is 18.0 Å². The van der Waals surface area contributed by atoms with Crippen molar-refractivity contribution >= 4 is 5.69 Å². The molecular weight excluding hydrogens is 291 g/mol. The molecule has 0 unspecified atom stereocenters. The fourth-order valence-electron chi connectivity index (χ4n) is 3.22. The number of hydrogen-bond donors (Lipinski definition) is 1. The lowest BCUT2D eigenvalue weighted by molar-refractivity contribution is 0.491. The number of halogens is 1. The molecule has 0 bridgehead atoms. The molecule has 2 N–H and O–H groups in total. The maximum absolute atomic E-state index is 14.3. The van der Waals surface area contributed by atoms with Crippen molar-refractivity contribution in [2.45, 2.75) is 45.1 Å². The third-order valence-electron chi connectivity index (χ3n) is 4.42. The molecule has 3 rings (SSSR count). The first-order valence-corrected chi connectivity index (χ1v) is 8.22. The highest BCUT2D eigenvalue weighted by atomic mass is 19.1. The molecular formula is C18H25FN4. The Bertz CT molecular complexity index is 679. The number of nitrogens with two attached hydrogens (primary N) is 1. The van der Waals surface area contributed by atoms with Gasteiger partial charge in [0.25, 0.3) is 0 Å². The summed E-state index contributed by atoms with van der Waals surface area (Å²) in [5.41, 5.74) is 8.50. The molecule has 0 saturated carbocycles. The SMILES string of the molecule is CC(C)(C)c1c(N2CCC(N)CC2)cnn1-c1ccccc1F. The molecule has 4 nitrogen and oxygen atoms in total. The summed E-state index contributed by atoms with van der Waals surface area (Å²) in [6.45, 7) is 8.27. The summed E-state index contributed by atoms with van der Waals surface area (Å²) in [4.78, 5) is 2.33. The van der Waals surface area contributed by atoms with Gasteiger partial charge in [-0.15, -0.1) is 0 Å². The van der Waals surface area contributed by atoms with E-state index in [4.69, 9.17) is 5.73 Å². The van der Waals surface area contributed by atoms with Crippen molar-refractivity contribution in [3.63, 3.8) is 0 Å². The monoisotopic (exact) mass is 316 g/mol. The van der Waals surface area contributed by atoms with Gasteiger partial charge in [-0.1, -0.05) is 32.9 Å². The Morgan fingerprint density at radius 1 is 1.13 bits per heavy atom. The molecule has 0 amide bonds. The van der Waals surface area contributed by atoms with Gasteiger partial charge < -0.3 is 10.6 Å². The Kier molecular flexibility index (Phi) is 4.15. The van der Waals surface area contributed by atoms with Crippen molar-refractivity contribution in [1.82, 2.24) is 9.78 Å². The Morgan fingerprint density at radius 2 is 1.78 bits per heavy atom. The van der Waals surface area contributed by atoms with E-state index in [1.165, 1.54) is 6.07 Å². The molecule has 1 fully saturated rings. The standard InChI is InChI=1S/C18H25FN4/c1-18(2,3)17-16(22-10-8-13(20)9-11-22)12-21-23(17)15-7-5-4-6-14(15)19/h4-7,12-13H,8-11,20H2,1-3H3. The Balaban J connectivity index is 2.07. The van der Waals surface area contributed by atoms with Crippen molar-refractivity contribution in [3.05, 3.63) is 42.0 Å². The number of anilines is 1. The van der Waals surface area contributed by atoms with E-state index in [1.807, 2.05) is 12.3 Å². The van der Waals surface area contributed by atoms with E-state index >= 15 is 0 Å². The van der Waals surface area contributed by atoms with Gasteiger partial charge >= 0.3 is 0 Å². The summed E-state index contributed by atoms with van der Waals surface area (Å²) in [6.07, 6.45) is 3.83. The largest absolute Gasteiger partial charge is 0.369 e. The third kappa shape index (κ3) is 3.11. The second kappa shape index (κ2) is 5.96. The van der Waals surface area contributed by atoms with E-state index in [0.717, 1.165) is 37.3 Å². The van der Waals surface area contributed by atoms with Crippen LogP contribution in [-0.2, 0) is 5.41 Å². The summed E-state index contributed by atoms with van der Waals surface area (Å²) in [6, 6.07) is 7.07. The smallest absolute Gasteiger partial charge is 0.148 e. The van der Waals surface area contributed by atoms with Gasteiger partial charge in [0.2, 0.25) is 0 Å². The van der Waals surface area contributed by atoms with Crippen LogP contribution in [0.3, 0.4) is 0 Å². The van der Waals surface area contributed by atoms with Gasteiger partial charge in [0, 0.05) is 24.5 Å². The molecule has 0 spiro atoms. The highest BCUT2D eigenvalue weighted by Gasteiger charge is 2.29. The van der Waals surface area contributed by atoms with Crippen LogP contribution >= 0.6 is 0 Å². The van der Waals surface area contributed by atoms with Crippen LogP contribution < -0.4 is 10.6 Å². The minimum atomic E-state index is -0.256. The molecule has 0 atom stereocenters. The van der Waals surface area contributed by atoms with Gasteiger partial charge in [-0.3, -0.25) is 0 Å². The van der Waals surface area contributed by atoms with Crippen LogP contribution in [0, 0.1) is 5.82 Å². The number of piperidine rings is 1. The quantitative estimate of drug-likeness (QED) is 0.925. The van der Waals surface area contributed by atoms with E-state index in [2.05, 4.69) is 30.8 Å². The average molecular weight is 316 g/mol. The first-order valence-electron chi connectivity index (χ1n) is 8.22.